The lowest BCUT2D eigenvalue weighted by Crippen LogP contribution is -2.29. The number of ketones is 1. The third-order valence-electron chi connectivity index (χ3n) is 6.35. The molecule has 0 spiro atoms. The number of hydrogen-bond donors (Lipinski definition) is 1. The van der Waals surface area contributed by atoms with E-state index in [0.717, 1.165) is 17.0 Å². The summed E-state index contributed by atoms with van der Waals surface area (Å²) >= 11 is 0. The third kappa shape index (κ3) is 5.62. The molecule has 0 radical (unpaired) electrons. The summed E-state index contributed by atoms with van der Waals surface area (Å²) in [4.78, 5) is 27.6. The van der Waals surface area contributed by atoms with Crippen LogP contribution in [0.2, 0.25) is 0 Å². The van der Waals surface area contributed by atoms with E-state index in [1.165, 1.54) is 19.2 Å². The predicted octanol–water partition coefficient (Wildman–Crippen LogP) is 6.68. The van der Waals surface area contributed by atoms with Crippen molar-refractivity contribution < 1.29 is 37.3 Å². The molecule has 1 aliphatic rings. The zero-order valence-electron chi connectivity index (χ0n) is 21.9. The summed E-state index contributed by atoms with van der Waals surface area (Å²) in [5.74, 6) is -1.09. The number of nitrogens with zero attached hydrogens (tertiary/aromatic N) is 1. The van der Waals surface area contributed by atoms with Crippen LogP contribution < -0.4 is 14.4 Å². The molecule has 1 amide bonds. The van der Waals surface area contributed by atoms with Crippen LogP contribution in [0.1, 0.15) is 42.1 Å². The van der Waals surface area contributed by atoms with Gasteiger partial charge in [0.2, 0.25) is 0 Å². The zero-order chi connectivity index (χ0) is 28.5. The van der Waals surface area contributed by atoms with Crippen LogP contribution >= 0.6 is 0 Å². The molecule has 4 rings (SSSR count). The average Bonchev–Trinajstić information content (AvgIpc) is 3.17. The molecule has 204 valence electrons. The lowest BCUT2D eigenvalue weighted by atomic mass is 9.94. The van der Waals surface area contributed by atoms with Crippen molar-refractivity contribution in [2.24, 2.45) is 5.92 Å². The lowest BCUT2D eigenvalue weighted by Gasteiger charge is -2.26. The monoisotopic (exact) mass is 539 g/mol. The Bertz CT molecular complexity index is 1430. The second-order valence-electron chi connectivity index (χ2n) is 9.68. The van der Waals surface area contributed by atoms with Crippen LogP contribution in [0, 0.1) is 12.8 Å². The number of rotatable bonds is 7. The lowest BCUT2D eigenvalue weighted by molar-refractivity contribution is -0.137. The van der Waals surface area contributed by atoms with E-state index in [4.69, 9.17) is 9.47 Å². The molecular weight excluding hydrogens is 511 g/mol. The minimum atomic E-state index is -4.66. The Kier molecular flexibility index (Phi) is 7.72. The van der Waals surface area contributed by atoms with Crippen molar-refractivity contribution in [2.45, 2.75) is 33.0 Å². The van der Waals surface area contributed by atoms with Gasteiger partial charge in [-0.3, -0.25) is 14.5 Å². The van der Waals surface area contributed by atoms with E-state index in [1.54, 1.807) is 49.4 Å². The molecule has 0 aliphatic carbocycles. The van der Waals surface area contributed by atoms with E-state index in [2.05, 4.69) is 0 Å². The second kappa shape index (κ2) is 10.8. The smallest absolute Gasteiger partial charge is 0.416 e. The number of alkyl halides is 3. The normalized spacial score (nSPS) is 17.1. The number of anilines is 1. The molecule has 0 saturated carbocycles. The summed E-state index contributed by atoms with van der Waals surface area (Å²) in [6.07, 6.45) is -4.66. The molecule has 0 bridgehead atoms. The number of carbonyl (C=O) groups excluding carboxylic acids is 2. The number of methoxy groups -OCH3 is 1. The molecule has 1 aliphatic heterocycles. The molecular formula is C30H28F3NO5. The van der Waals surface area contributed by atoms with Crippen molar-refractivity contribution in [1.29, 1.82) is 0 Å². The van der Waals surface area contributed by atoms with Crippen molar-refractivity contribution in [3.8, 4) is 11.5 Å². The molecule has 1 atom stereocenters. The molecule has 1 N–H and O–H groups in total. The Morgan fingerprint density at radius 3 is 2.31 bits per heavy atom. The number of hydrogen-bond acceptors (Lipinski definition) is 5. The third-order valence-corrected chi connectivity index (χ3v) is 6.35. The fourth-order valence-corrected chi connectivity index (χ4v) is 4.40. The maximum Gasteiger partial charge on any atom is 0.416 e. The number of benzene rings is 3. The highest BCUT2D eigenvalue weighted by molar-refractivity contribution is 6.51. The van der Waals surface area contributed by atoms with Gasteiger partial charge in [-0.15, -0.1) is 0 Å². The first-order valence-electron chi connectivity index (χ1n) is 12.3. The summed E-state index contributed by atoms with van der Waals surface area (Å²) in [6.45, 7) is 6.30. The first-order chi connectivity index (χ1) is 18.4. The largest absolute Gasteiger partial charge is 0.507 e. The quantitative estimate of drug-likeness (QED) is 0.206. The van der Waals surface area contributed by atoms with Gasteiger partial charge in [0.1, 0.15) is 17.3 Å². The number of Topliss-reactive ketones (excluding diaryl/α,β-unsaturated/α-hetero) is 1. The number of aliphatic hydroxyl groups excluding tert-OH is 1. The summed E-state index contributed by atoms with van der Waals surface area (Å²) in [6, 6.07) is 14.3. The fourth-order valence-electron chi connectivity index (χ4n) is 4.40. The second-order valence-corrected chi connectivity index (χ2v) is 9.68. The van der Waals surface area contributed by atoms with E-state index in [-0.39, 0.29) is 16.8 Å². The van der Waals surface area contributed by atoms with E-state index in [9.17, 15) is 27.9 Å². The average molecular weight is 540 g/mol. The van der Waals surface area contributed by atoms with Gasteiger partial charge in [0.25, 0.3) is 11.7 Å². The van der Waals surface area contributed by atoms with Crippen molar-refractivity contribution >= 4 is 23.1 Å². The summed E-state index contributed by atoms with van der Waals surface area (Å²) in [5.41, 5.74) is 0.0431. The van der Waals surface area contributed by atoms with Crippen molar-refractivity contribution in [3.05, 3.63) is 94.6 Å². The highest BCUT2D eigenvalue weighted by atomic mass is 19.4. The van der Waals surface area contributed by atoms with Gasteiger partial charge >= 0.3 is 6.18 Å². The SMILES string of the molecule is COc1ccc(C2/C(=C(\O)c3ccc(OCC(C)C)c(C)c3)C(=O)C(=O)N2c2cccc(C(F)(F)F)c2)cc1. The van der Waals surface area contributed by atoms with Gasteiger partial charge < -0.3 is 14.6 Å². The van der Waals surface area contributed by atoms with Gasteiger partial charge in [-0.25, -0.2) is 0 Å². The molecule has 1 unspecified atom stereocenters. The Hall–Kier alpha value is -4.27. The van der Waals surface area contributed by atoms with Crippen molar-refractivity contribution in [3.63, 3.8) is 0 Å². The Morgan fingerprint density at radius 2 is 1.72 bits per heavy atom. The van der Waals surface area contributed by atoms with Gasteiger partial charge in [-0.1, -0.05) is 32.0 Å². The number of halogens is 3. The first-order valence-corrected chi connectivity index (χ1v) is 12.3. The van der Waals surface area contributed by atoms with E-state index < -0.39 is 35.2 Å². The van der Waals surface area contributed by atoms with Crippen LogP contribution in [0.3, 0.4) is 0 Å². The minimum absolute atomic E-state index is 0.125. The van der Waals surface area contributed by atoms with Gasteiger partial charge in [0, 0.05) is 11.3 Å². The highest BCUT2D eigenvalue weighted by Crippen LogP contribution is 2.44. The number of carbonyl (C=O) groups is 2. The van der Waals surface area contributed by atoms with Crippen molar-refractivity contribution in [2.75, 3.05) is 18.6 Å². The molecule has 9 heteroatoms. The number of ether oxygens (including phenoxy) is 2. The Morgan fingerprint density at radius 1 is 1.03 bits per heavy atom. The molecule has 0 aromatic heterocycles. The minimum Gasteiger partial charge on any atom is -0.507 e. The van der Waals surface area contributed by atoms with E-state index in [1.807, 2.05) is 13.8 Å². The Labute approximate surface area is 224 Å². The summed E-state index contributed by atoms with van der Waals surface area (Å²) in [5, 5.41) is 11.4. The van der Waals surface area contributed by atoms with Crippen LogP contribution in [0.25, 0.3) is 5.76 Å². The zero-order valence-corrected chi connectivity index (χ0v) is 21.9. The maximum absolute atomic E-state index is 13.5. The predicted molar refractivity (Wildman–Crippen MR) is 141 cm³/mol. The van der Waals surface area contributed by atoms with Crippen LogP contribution in [-0.4, -0.2) is 30.5 Å². The number of aliphatic hydroxyl groups is 1. The van der Waals surface area contributed by atoms with Gasteiger partial charge in [-0.2, -0.15) is 13.2 Å². The summed E-state index contributed by atoms with van der Waals surface area (Å²) in [7, 11) is 1.47. The first kappa shape index (κ1) is 27.8. The maximum atomic E-state index is 13.5. The highest BCUT2D eigenvalue weighted by Gasteiger charge is 2.47. The van der Waals surface area contributed by atoms with Gasteiger partial charge in [-0.05, 0) is 72.5 Å². The number of aryl methyl sites for hydroxylation is 1. The topological polar surface area (TPSA) is 76.1 Å². The van der Waals surface area contributed by atoms with Crippen molar-refractivity contribution in [1.82, 2.24) is 0 Å². The van der Waals surface area contributed by atoms with Crippen LogP contribution in [0.15, 0.2) is 72.3 Å². The molecule has 3 aromatic carbocycles. The summed E-state index contributed by atoms with van der Waals surface area (Å²) < 4.78 is 51.4. The van der Waals surface area contributed by atoms with Crippen LogP contribution in [0.5, 0.6) is 11.5 Å². The molecule has 1 fully saturated rings. The van der Waals surface area contributed by atoms with E-state index >= 15 is 0 Å². The molecule has 1 heterocycles. The van der Waals surface area contributed by atoms with Gasteiger partial charge in [0.15, 0.2) is 0 Å². The molecule has 6 nitrogen and oxygen atoms in total. The molecule has 1 saturated heterocycles. The standard InChI is InChI=1S/C30H28F3NO5/c1-17(2)16-39-24-13-10-20(14-18(24)3)27(35)25-26(19-8-11-23(38-4)12-9-19)34(29(37)28(25)36)22-7-5-6-21(15-22)30(31,32)33/h5-15,17,26,35H,16H2,1-4H3/b27-25+. The van der Waals surface area contributed by atoms with Gasteiger partial charge in [0.05, 0.1) is 30.9 Å². The van der Waals surface area contributed by atoms with Crippen LogP contribution in [-0.2, 0) is 15.8 Å². The number of amides is 1. The van der Waals surface area contributed by atoms with Crippen LogP contribution in [0.4, 0.5) is 18.9 Å². The molecule has 39 heavy (non-hydrogen) atoms. The van der Waals surface area contributed by atoms with E-state index in [0.29, 0.717) is 35.2 Å². The molecule has 3 aromatic rings. The Balaban J connectivity index is 1.87. The fraction of sp³-hybridized carbons (Fsp3) is 0.267.